The summed E-state index contributed by atoms with van der Waals surface area (Å²) in [7, 11) is 1.64. The molecule has 112 valence electrons. The van der Waals surface area contributed by atoms with E-state index in [1.54, 1.807) is 19.2 Å². The zero-order valence-corrected chi connectivity index (χ0v) is 12.4. The Morgan fingerprint density at radius 1 is 1.35 bits per heavy atom. The van der Waals surface area contributed by atoms with Crippen molar-refractivity contribution in [1.29, 1.82) is 0 Å². The molecule has 20 heavy (non-hydrogen) atoms. The molecule has 0 saturated heterocycles. The summed E-state index contributed by atoms with van der Waals surface area (Å²) < 4.78 is 10.3. The smallest absolute Gasteiger partial charge is 0.306 e. The Morgan fingerprint density at radius 2 is 2.15 bits per heavy atom. The van der Waals surface area contributed by atoms with Crippen LogP contribution in [-0.2, 0) is 20.7 Å². The van der Waals surface area contributed by atoms with E-state index in [1.807, 2.05) is 12.1 Å². The first-order valence-electron chi connectivity index (χ1n) is 6.67. The molecule has 0 aliphatic rings. The molecule has 0 saturated carbocycles. The van der Waals surface area contributed by atoms with Crippen LogP contribution in [0.25, 0.3) is 0 Å². The molecular formula is C15H21ClO4. The van der Waals surface area contributed by atoms with Crippen molar-refractivity contribution in [2.75, 3.05) is 26.9 Å². The number of aliphatic carboxylic acids is 1. The molecule has 5 heteroatoms. The van der Waals surface area contributed by atoms with Crippen LogP contribution in [-0.4, -0.2) is 38.0 Å². The van der Waals surface area contributed by atoms with Crippen molar-refractivity contribution in [3.05, 3.63) is 34.9 Å². The molecule has 0 amide bonds. The number of carboxylic acid groups (broad SMARTS) is 1. The Hall–Kier alpha value is -1.10. The number of halogens is 1. The van der Waals surface area contributed by atoms with E-state index in [9.17, 15) is 9.90 Å². The van der Waals surface area contributed by atoms with Gasteiger partial charge >= 0.3 is 5.97 Å². The van der Waals surface area contributed by atoms with Gasteiger partial charge in [-0.25, -0.2) is 0 Å². The molecule has 0 radical (unpaired) electrons. The van der Waals surface area contributed by atoms with Crippen LogP contribution in [0, 0.1) is 5.92 Å². The van der Waals surface area contributed by atoms with Crippen molar-refractivity contribution < 1.29 is 19.4 Å². The minimum atomic E-state index is -0.800. The largest absolute Gasteiger partial charge is 0.481 e. The minimum absolute atomic E-state index is 0.446. The lowest BCUT2D eigenvalue weighted by atomic mass is 9.97. The first-order chi connectivity index (χ1) is 9.63. The molecule has 4 nitrogen and oxygen atoms in total. The van der Waals surface area contributed by atoms with E-state index in [0.717, 1.165) is 12.0 Å². The predicted molar refractivity (Wildman–Crippen MR) is 78.2 cm³/mol. The van der Waals surface area contributed by atoms with Crippen molar-refractivity contribution in [1.82, 2.24) is 0 Å². The van der Waals surface area contributed by atoms with Crippen LogP contribution in [0.3, 0.4) is 0 Å². The Labute approximate surface area is 124 Å². The van der Waals surface area contributed by atoms with Gasteiger partial charge in [0, 0.05) is 32.0 Å². The summed E-state index contributed by atoms with van der Waals surface area (Å²) in [6, 6.07) is 7.30. The fraction of sp³-hybridized carbons (Fsp3) is 0.533. The van der Waals surface area contributed by atoms with E-state index in [1.165, 1.54) is 0 Å². The van der Waals surface area contributed by atoms with Gasteiger partial charge in [0.15, 0.2) is 0 Å². The van der Waals surface area contributed by atoms with Gasteiger partial charge in [0.2, 0.25) is 0 Å². The fourth-order valence-corrected chi connectivity index (χ4v) is 2.11. The van der Waals surface area contributed by atoms with Gasteiger partial charge in [0.05, 0.1) is 5.92 Å². The minimum Gasteiger partial charge on any atom is -0.481 e. The first-order valence-corrected chi connectivity index (χ1v) is 7.05. The second-order valence-electron chi connectivity index (χ2n) is 4.62. The highest BCUT2D eigenvalue weighted by Gasteiger charge is 2.17. The Morgan fingerprint density at radius 3 is 2.80 bits per heavy atom. The molecule has 1 N–H and O–H groups in total. The van der Waals surface area contributed by atoms with Gasteiger partial charge in [0.1, 0.15) is 0 Å². The number of rotatable bonds is 10. The lowest BCUT2D eigenvalue weighted by Gasteiger charge is -2.13. The normalized spacial score (nSPS) is 12.3. The zero-order chi connectivity index (χ0) is 14.8. The standard InChI is InChI=1S/C15H21ClO4/c1-19-7-3-8-20-9-6-13(15(17)18)10-12-4-2-5-14(16)11-12/h2,4-5,11,13H,3,6-10H2,1H3,(H,17,18). The Bertz CT molecular complexity index is 409. The molecule has 0 aliphatic carbocycles. The predicted octanol–water partition coefficient (Wildman–Crippen LogP) is 3.03. The van der Waals surface area contributed by atoms with E-state index in [0.29, 0.717) is 37.7 Å². The molecule has 1 atom stereocenters. The van der Waals surface area contributed by atoms with Gasteiger partial charge in [-0.2, -0.15) is 0 Å². The molecule has 1 aromatic carbocycles. The van der Waals surface area contributed by atoms with Crippen LogP contribution in [0.4, 0.5) is 0 Å². The highest BCUT2D eigenvalue weighted by atomic mass is 35.5. The summed E-state index contributed by atoms with van der Waals surface area (Å²) in [6.07, 6.45) is 1.79. The monoisotopic (exact) mass is 300 g/mol. The van der Waals surface area contributed by atoms with Crippen LogP contribution in [0.5, 0.6) is 0 Å². The van der Waals surface area contributed by atoms with Crippen molar-refractivity contribution in [3.8, 4) is 0 Å². The van der Waals surface area contributed by atoms with Crippen LogP contribution >= 0.6 is 11.6 Å². The number of methoxy groups -OCH3 is 1. The van der Waals surface area contributed by atoms with Gasteiger partial charge in [0.25, 0.3) is 0 Å². The molecule has 1 aromatic rings. The highest BCUT2D eigenvalue weighted by molar-refractivity contribution is 6.30. The van der Waals surface area contributed by atoms with E-state index >= 15 is 0 Å². The summed E-state index contributed by atoms with van der Waals surface area (Å²) in [5, 5.41) is 9.86. The summed E-state index contributed by atoms with van der Waals surface area (Å²) in [4.78, 5) is 11.2. The summed E-state index contributed by atoms with van der Waals surface area (Å²) >= 11 is 5.90. The third kappa shape index (κ3) is 6.89. The second kappa shape index (κ2) is 9.75. The second-order valence-corrected chi connectivity index (χ2v) is 5.05. The average Bonchev–Trinajstić information content (AvgIpc) is 2.41. The van der Waals surface area contributed by atoms with Crippen molar-refractivity contribution in [3.63, 3.8) is 0 Å². The van der Waals surface area contributed by atoms with Gasteiger partial charge in [-0.15, -0.1) is 0 Å². The number of carboxylic acids is 1. The van der Waals surface area contributed by atoms with Crippen molar-refractivity contribution in [2.24, 2.45) is 5.92 Å². The molecule has 0 bridgehead atoms. The molecule has 0 fully saturated rings. The summed E-state index contributed by atoms with van der Waals surface area (Å²) in [5.74, 6) is -1.25. The number of hydrogen-bond acceptors (Lipinski definition) is 3. The quantitative estimate of drug-likeness (QED) is 0.675. The SMILES string of the molecule is COCCCOCCC(Cc1cccc(Cl)c1)C(=O)O. The van der Waals surface area contributed by atoms with Gasteiger partial charge < -0.3 is 14.6 Å². The molecule has 1 rings (SSSR count). The molecular weight excluding hydrogens is 280 g/mol. The van der Waals surface area contributed by atoms with Crippen LogP contribution in [0.1, 0.15) is 18.4 Å². The number of hydrogen-bond donors (Lipinski definition) is 1. The first kappa shape index (κ1) is 17.0. The van der Waals surface area contributed by atoms with E-state index in [-0.39, 0.29) is 0 Å². The summed E-state index contributed by atoms with van der Waals surface area (Å²) in [6.45, 7) is 1.70. The Balaban J connectivity index is 2.35. The topological polar surface area (TPSA) is 55.8 Å². The zero-order valence-electron chi connectivity index (χ0n) is 11.7. The lowest BCUT2D eigenvalue weighted by Crippen LogP contribution is -2.19. The third-order valence-electron chi connectivity index (χ3n) is 2.97. The van der Waals surface area contributed by atoms with Crippen LogP contribution in [0.15, 0.2) is 24.3 Å². The maximum Gasteiger partial charge on any atom is 0.306 e. The molecule has 0 aliphatic heterocycles. The third-order valence-corrected chi connectivity index (χ3v) is 3.20. The van der Waals surface area contributed by atoms with E-state index in [2.05, 4.69) is 0 Å². The number of benzene rings is 1. The molecule has 0 heterocycles. The highest BCUT2D eigenvalue weighted by Crippen LogP contribution is 2.17. The molecule has 0 aromatic heterocycles. The van der Waals surface area contributed by atoms with Crippen LogP contribution < -0.4 is 0 Å². The number of carbonyl (C=O) groups is 1. The van der Waals surface area contributed by atoms with E-state index in [4.69, 9.17) is 21.1 Å². The maximum absolute atomic E-state index is 11.2. The van der Waals surface area contributed by atoms with Crippen molar-refractivity contribution >= 4 is 17.6 Å². The van der Waals surface area contributed by atoms with E-state index < -0.39 is 11.9 Å². The summed E-state index contributed by atoms with van der Waals surface area (Å²) in [5.41, 5.74) is 0.935. The average molecular weight is 301 g/mol. The van der Waals surface area contributed by atoms with Crippen molar-refractivity contribution in [2.45, 2.75) is 19.3 Å². The maximum atomic E-state index is 11.2. The Kier molecular flexibility index (Phi) is 8.26. The van der Waals surface area contributed by atoms with Gasteiger partial charge in [-0.1, -0.05) is 23.7 Å². The fourth-order valence-electron chi connectivity index (χ4n) is 1.89. The molecule has 1 unspecified atom stereocenters. The lowest BCUT2D eigenvalue weighted by molar-refractivity contribution is -0.142. The molecule has 0 spiro atoms. The van der Waals surface area contributed by atoms with Crippen LogP contribution in [0.2, 0.25) is 5.02 Å². The van der Waals surface area contributed by atoms with Gasteiger partial charge in [-0.3, -0.25) is 4.79 Å². The van der Waals surface area contributed by atoms with Gasteiger partial charge in [-0.05, 0) is 37.0 Å². The number of ether oxygens (including phenoxy) is 2.